The van der Waals surface area contributed by atoms with E-state index < -0.39 is 35.1 Å². The Bertz CT molecular complexity index is 1080. The number of nitrogens with zero attached hydrogens (tertiary/aromatic N) is 3. The third kappa shape index (κ3) is 6.43. The number of aliphatic imine (C=N–C) groups is 1. The van der Waals surface area contributed by atoms with Crippen molar-refractivity contribution < 1.29 is 22.4 Å². The summed E-state index contributed by atoms with van der Waals surface area (Å²) in [5, 5.41) is 5.49. The molecule has 12 heteroatoms. The first-order valence-corrected chi connectivity index (χ1v) is 11.5. The van der Waals surface area contributed by atoms with Gasteiger partial charge < -0.3 is 21.3 Å². The summed E-state index contributed by atoms with van der Waals surface area (Å²) in [5.74, 6) is -0.896. The summed E-state index contributed by atoms with van der Waals surface area (Å²) in [6.45, 7) is 2.35. The summed E-state index contributed by atoms with van der Waals surface area (Å²) in [4.78, 5) is 22.0. The van der Waals surface area contributed by atoms with Crippen molar-refractivity contribution in [3.05, 3.63) is 59.2 Å². The molecule has 1 heterocycles. The Morgan fingerprint density at radius 1 is 1.34 bits per heavy atom. The number of guanidine groups is 1. The SMILES string of the molecule is CCN(CCC(F)(F)F)C[C@H](S)[C@@]1(NC(N)=NC)Cc2ccc(NC(=O)c3ccc(F)cn3)cc21. The molecule has 35 heavy (non-hydrogen) atoms. The largest absolute Gasteiger partial charge is 0.390 e. The smallest absolute Gasteiger partial charge is 0.370 e. The van der Waals surface area contributed by atoms with Crippen molar-refractivity contribution in [1.29, 1.82) is 0 Å². The molecular weight excluding hydrogens is 484 g/mol. The van der Waals surface area contributed by atoms with Gasteiger partial charge >= 0.3 is 6.18 Å². The topological polar surface area (TPSA) is 95.6 Å². The second-order valence-corrected chi connectivity index (χ2v) is 8.97. The van der Waals surface area contributed by atoms with Crippen LogP contribution in [0.4, 0.5) is 23.2 Å². The molecule has 0 radical (unpaired) electrons. The maximum atomic E-state index is 13.1. The molecule has 0 fully saturated rings. The molecule has 0 bridgehead atoms. The van der Waals surface area contributed by atoms with Gasteiger partial charge in [-0.3, -0.25) is 9.79 Å². The normalized spacial score (nSPS) is 18.6. The van der Waals surface area contributed by atoms with Crippen molar-refractivity contribution >= 4 is 30.2 Å². The number of nitrogens with one attached hydrogen (secondary N) is 2. The highest BCUT2D eigenvalue weighted by molar-refractivity contribution is 7.81. The number of carbonyl (C=O) groups is 1. The summed E-state index contributed by atoms with van der Waals surface area (Å²) in [7, 11) is 1.52. The lowest BCUT2D eigenvalue weighted by atomic mass is 9.68. The molecule has 0 saturated carbocycles. The lowest BCUT2D eigenvalue weighted by Crippen LogP contribution is -2.62. The number of amides is 1. The third-order valence-electron chi connectivity index (χ3n) is 6.03. The number of aromatic nitrogens is 1. The third-order valence-corrected chi connectivity index (χ3v) is 6.63. The number of hydrogen-bond donors (Lipinski definition) is 4. The van der Waals surface area contributed by atoms with Gasteiger partial charge in [0.15, 0.2) is 5.96 Å². The highest BCUT2D eigenvalue weighted by Gasteiger charge is 2.48. The molecule has 0 unspecified atom stereocenters. The number of benzene rings is 1. The van der Waals surface area contributed by atoms with Crippen LogP contribution in [0.25, 0.3) is 0 Å². The van der Waals surface area contributed by atoms with Crippen LogP contribution in [-0.2, 0) is 12.0 Å². The summed E-state index contributed by atoms with van der Waals surface area (Å²) in [6, 6.07) is 7.78. The molecule has 3 rings (SSSR count). The van der Waals surface area contributed by atoms with Gasteiger partial charge in [-0.15, -0.1) is 0 Å². The number of thiol groups is 1. The van der Waals surface area contributed by atoms with E-state index in [2.05, 4.69) is 20.6 Å². The van der Waals surface area contributed by atoms with Crippen molar-refractivity contribution in [3.63, 3.8) is 0 Å². The minimum atomic E-state index is -4.25. The summed E-state index contributed by atoms with van der Waals surface area (Å²) in [6.07, 6.45) is -3.68. The van der Waals surface area contributed by atoms with E-state index in [-0.39, 0.29) is 24.7 Å². The first-order chi connectivity index (χ1) is 16.5. The number of fused-ring (bicyclic) bond motifs is 1. The lowest BCUT2D eigenvalue weighted by Gasteiger charge is -2.49. The van der Waals surface area contributed by atoms with Crippen LogP contribution < -0.4 is 16.4 Å². The van der Waals surface area contributed by atoms with E-state index in [4.69, 9.17) is 18.4 Å². The Balaban J connectivity index is 1.84. The average Bonchev–Trinajstić information content (AvgIpc) is 2.80. The van der Waals surface area contributed by atoms with E-state index in [0.717, 1.165) is 23.4 Å². The maximum Gasteiger partial charge on any atom is 0.390 e. The zero-order valence-electron chi connectivity index (χ0n) is 19.4. The molecule has 7 nitrogen and oxygen atoms in total. The predicted molar refractivity (Wildman–Crippen MR) is 130 cm³/mol. The van der Waals surface area contributed by atoms with E-state index in [0.29, 0.717) is 18.7 Å². The number of halogens is 4. The maximum absolute atomic E-state index is 13.1. The standard InChI is InChI=1S/C23H28F4N6OS/c1-3-33(9-8-23(25,26)27)13-19(35)22(32-21(28)29-2)11-14-4-6-16(10-17(14)22)31-20(34)18-7-5-15(24)12-30-18/h4-7,10,12,19,35H,3,8-9,11,13H2,1-2H3,(H,31,34)(H3,28,29,32)/t19-,22+/m0/s1. The summed E-state index contributed by atoms with van der Waals surface area (Å²) in [5.41, 5.74) is 7.50. The second kappa shape index (κ2) is 10.8. The van der Waals surface area contributed by atoms with Crippen LogP contribution in [0.2, 0.25) is 0 Å². The molecule has 2 aromatic rings. The van der Waals surface area contributed by atoms with Gasteiger partial charge in [0.2, 0.25) is 0 Å². The second-order valence-electron chi connectivity index (χ2n) is 8.34. The van der Waals surface area contributed by atoms with Crippen LogP contribution in [0.3, 0.4) is 0 Å². The van der Waals surface area contributed by atoms with Crippen molar-refractivity contribution in [2.24, 2.45) is 10.7 Å². The molecule has 1 aromatic carbocycles. The molecule has 2 atom stereocenters. The molecule has 1 aliphatic carbocycles. The van der Waals surface area contributed by atoms with Crippen LogP contribution in [0.1, 0.15) is 35.0 Å². The fourth-order valence-electron chi connectivity index (χ4n) is 4.06. The van der Waals surface area contributed by atoms with Crippen molar-refractivity contribution in [2.45, 2.75) is 36.7 Å². The van der Waals surface area contributed by atoms with Crippen molar-refractivity contribution in [2.75, 3.05) is 32.0 Å². The lowest BCUT2D eigenvalue weighted by molar-refractivity contribution is -0.137. The number of alkyl halides is 3. The highest BCUT2D eigenvalue weighted by Crippen LogP contribution is 2.45. The monoisotopic (exact) mass is 512 g/mol. The fourth-order valence-corrected chi connectivity index (χ4v) is 4.58. The van der Waals surface area contributed by atoms with Gasteiger partial charge in [-0.05, 0) is 41.9 Å². The zero-order valence-corrected chi connectivity index (χ0v) is 20.3. The Hall–Kier alpha value is -2.86. The van der Waals surface area contributed by atoms with Crippen LogP contribution in [0.15, 0.2) is 41.5 Å². The fraction of sp³-hybridized carbons (Fsp3) is 0.435. The first-order valence-electron chi connectivity index (χ1n) is 11.0. The molecule has 1 aromatic heterocycles. The van der Waals surface area contributed by atoms with Gasteiger partial charge in [-0.2, -0.15) is 25.8 Å². The van der Waals surface area contributed by atoms with E-state index >= 15 is 0 Å². The first kappa shape index (κ1) is 26.7. The zero-order chi connectivity index (χ0) is 25.8. The molecular formula is C23H28F4N6OS. The summed E-state index contributed by atoms with van der Waals surface area (Å²) < 4.78 is 51.4. The van der Waals surface area contributed by atoms with Crippen LogP contribution in [0.5, 0.6) is 0 Å². The van der Waals surface area contributed by atoms with E-state index in [9.17, 15) is 22.4 Å². The van der Waals surface area contributed by atoms with Crippen molar-refractivity contribution in [3.8, 4) is 0 Å². The Kier molecular flexibility index (Phi) is 8.26. The molecule has 4 N–H and O–H groups in total. The molecule has 0 spiro atoms. The van der Waals surface area contributed by atoms with Gasteiger partial charge in [0.25, 0.3) is 5.91 Å². The molecule has 1 aliphatic rings. The van der Waals surface area contributed by atoms with Gasteiger partial charge in [-0.1, -0.05) is 13.0 Å². The van der Waals surface area contributed by atoms with Crippen LogP contribution in [-0.4, -0.2) is 59.9 Å². The number of nitrogens with two attached hydrogens (primary N) is 1. The number of anilines is 1. The van der Waals surface area contributed by atoms with Crippen LogP contribution in [0, 0.1) is 5.82 Å². The summed E-state index contributed by atoms with van der Waals surface area (Å²) >= 11 is 4.78. The number of pyridine rings is 1. The van der Waals surface area contributed by atoms with Crippen LogP contribution >= 0.6 is 12.6 Å². The number of rotatable bonds is 9. The number of carbonyl (C=O) groups excluding carboxylic acids is 1. The van der Waals surface area contributed by atoms with E-state index in [1.165, 1.54) is 13.1 Å². The number of hydrogen-bond acceptors (Lipinski definition) is 5. The highest BCUT2D eigenvalue weighted by atomic mass is 32.1. The quantitative estimate of drug-likeness (QED) is 0.179. The molecule has 0 saturated heterocycles. The van der Waals surface area contributed by atoms with Gasteiger partial charge in [0.1, 0.15) is 11.5 Å². The van der Waals surface area contributed by atoms with Gasteiger partial charge in [0.05, 0.1) is 18.2 Å². The predicted octanol–water partition coefficient (Wildman–Crippen LogP) is 3.33. The minimum absolute atomic E-state index is 0.0520. The van der Waals surface area contributed by atoms with E-state index in [1.807, 2.05) is 6.07 Å². The molecule has 1 amide bonds. The van der Waals surface area contributed by atoms with Gasteiger partial charge in [-0.25, -0.2) is 9.37 Å². The molecule has 190 valence electrons. The van der Waals surface area contributed by atoms with Crippen molar-refractivity contribution in [1.82, 2.24) is 15.2 Å². The Morgan fingerprint density at radius 2 is 2.09 bits per heavy atom. The molecule has 0 aliphatic heterocycles. The average molecular weight is 513 g/mol. The Labute approximate surface area is 206 Å². The van der Waals surface area contributed by atoms with Gasteiger partial charge in [0, 0.05) is 37.5 Å². The van der Waals surface area contributed by atoms with E-state index in [1.54, 1.807) is 24.0 Å². The minimum Gasteiger partial charge on any atom is -0.370 e. The Morgan fingerprint density at radius 3 is 2.69 bits per heavy atom.